The summed E-state index contributed by atoms with van der Waals surface area (Å²) < 4.78 is 17.0. The van der Waals surface area contributed by atoms with Crippen LogP contribution in [0.5, 0.6) is 0 Å². The maximum absolute atomic E-state index is 14.1. The number of anilines is 1. The van der Waals surface area contributed by atoms with Gasteiger partial charge in [0.25, 0.3) is 0 Å². The first-order valence-corrected chi connectivity index (χ1v) is 8.73. The molecule has 1 aliphatic rings. The first-order chi connectivity index (χ1) is 11.0. The molecule has 0 spiro atoms. The fraction of sp³-hybridized carbons (Fsp3) is 0.375. The number of aryl methyl sites for hydroxylation is 2. The van der Waals surface area contributed by atoms with Crippen LogP contribution in [0, 0.1) is 12.7 Å². The Labute approximate surface area is 142 Å². The summed E-state index contributed by atoms with van der Waals surface area (Å²) in [5.74, 6) is -0.262. The second kappa shape index (κ2) is 5.46. The van der Waals surface area contributed by atoms with Gasteiger partial charge in [-0.05, 0) is 31.9 Å². The number of aromatic nitrogens is 3. The van der Waals surface area contributed by atoms with Gasteiger partial charge in [-0.2, -0.15) is 5.10 Å². The molecule has 0 N–H and O–H groups in total. The highest BCUT2D eigenvalue weighted by Gasteiger charge is 2.32. The Balaban J connectivity index is 1.74. The third-order valence-corrected chi connectivity index (χ3v) is 5.70. The van der Waals surface area contributed by atoms with Gasteiger partial charge in [-0.25, -0.2) is 14.1 Å². The van der Waals surface area contributed by atoms with Crippen molar-refractivity contribution in [3.05, 3.63) is 40.3 Å². The monoisotopic (exact) mass is 350 g/mol. The molecule has 0 saturated heterocycles. The fourth-order valence-corrected chi connectivity index (χ4v) is 4.12. The van der Waals surface area contributed by atoms with Gasteiger partial charge in [0.1, 0.15) is 5.82 Å². The molecule has 4 nitrogen and oxygen atoms in total. The Morgan fingerprint density at radius 3 is 2.87 bits per heavy atom. The lowest BCUT2D eigenvalue weighted by molar-refractivity contribution is 0.603. The van der Waals surface area contributed by atoms with Gasteiger partial charge >= 0.3 is 0 Å². The minimum atomic E-state index is -0.262. The van der Waals surface area contributed by atoms with Crippen molar-refractivity contribution in [3.8, 4) is 0 Å². The van der Waals surface area contributed by atoms with E-state index in [1.54, 1.807) is 28.2 Å². The Kier molecular flexibility index (Phi) is 3.54. The number of nitrogens with zero attached hydrogens (tertiary/aromatic N) is 4. The van der Waals surface area contributed by atoms with E-state index in [4.69, 9.17) is 16.6 Å². The summed E-state index contributed by atoms with van der Waals surface area (Å²) in [4.78, 5) is 6.90. The lowest BCUT2D eigenvalue weighted by atomic mass is 10.2. The predicted octanol–water partition coefficient (Wildman–Crippen LogP) is 4.30. The van der Waals surface area contributed by atoms with Crippen LogP contribution in [-0.4, -0.2) is 20.8 Å². The van der Waals surface area contributed by atoms with Gasteiger partial charge < -0.3 is 4.90 Å². The van der Waals surface area contributed by atoms with Crippen molar-refractivity contribution in [3.63, 3.8) is 0 Å². The zero-order valence-corrected chi connectivity index (χ0v) is 14.5. The van der Waals surface area contributed by atoms with Crippen LogP contribution >= 0.6 is 22.9 Å². The summed E-state index contributed by atoms with van der Waals surface area (Å²) in [6.07, 6.45) is 2.22. The van der Waals surface area contributed by atoms with Crippen LogP contribution < -0.4 is 4.90 Å². The summed E-state index contributed by atoms with van der Waals surface area (Å²) in [5, 5.41) is 5.77. The van der Waals surface area contributed by atoms with Gasteiger partial charge in [0.2, 0.25) is 0 Å². The predicted molar refractivity (Wildman–Crippen MR) is 91.7 cm³/mol. The lowest BCUT2D eigenvalue weighted by Gasteiger charge is -2.22. The van der Waals surface area contributed by atoms with Gasteiger partial charge in [-0.1, -0.05) is 29.0 Å². The molecule has 0 amide bonds. The zero-order chi connectivity index (χ0) is 16.1. The molecule has 1 aromatic carbocycles. The SMILES string of the molecule is Cc1nn(C)c2nc(N(Cc3c(F)cccc3Cl)C3CC3)sc12. The molecule has 0 radical (unpaired) electrons. The second-order valence-electron chi connectivity index (χ2n) is 5.92. The van der Waals surface area contributed by atoms with Crippen LogP contribution in [0.1, 0.15) is 24.1 Å². The average Bonchev–Trinajstić information content (AvgIpc) is 3.17. The van der Waals surface area contributed by atoms with E-state index in [1.165, 1.54) is 6.07 Å². The highest BCUT2D eigenvalue weighted by Crippen LogP contribution is 2.39. The largest absolute Gasteiger partial charge is 0.341 e. The van der Waals surface area contributed by atoms with E-state index in [9.17, 15) is 4.39 Å². The summed E-state index contributed by atoms with van der Waals surface area (Å²) in [5.41, 5.74) is 2.40. The van der Waals surface area contributed by atoms with Crippen LogP contribution in [-0.2, 0) is 13.6 Å². The van der Waals surface area contributed by atoms with Crippen molar-refractivity contribution in [1.82, 2.24) is 14.8 Å². The van der Waals surface area contributed by atoms with Crippen LogP contribution in [0.25, 0.3) is 10.3 Å². The molecule has 0 unspecified atom stereocenters. The molecule has 2 aromatic heterocycles. The van der Waals surface area contributed by atoms with Crippen LogP contribution in [0.15, 0.2) is 18.2 Å². The highest BCUT2D eigenvalue weighted by atomic mass is 35.5. The fourth-order valence-electron chi connectivity index (χ4n) is 2.79. The van der Waals surface area contributed by atoms with Crippen molar-refractivity contribution in [2.24, 2.45) is 7.05 Å². The van der Waals surface area contributed by atoms with Gasteiger partial charge in [-0.3, -0.25) is 0 Å². The van der Waals surface area contributed by atoms with Crippen molar-refractivity contribution in [1.29, 1.82) is 0 Å². The lowest BCUT2D eigenvalue weighted by Crippen LogP contribution is -2.25. The van der Waals surface area contributed by atoms with Crippen molar-refractivity contribution in [2.45, 2.75) is 32.4 Å². The molecule has 0 aliphatic heterocycles. The molecule has 1 fully saturated rings. The Hall–Kier alpha value is -1.66. The van der Waals surface area contributed by atoms with Crippen molar-refractivity contribution < 1.29 is 4.39 Å². The smallest absolute Gasteiger partial charge is 0.188 e. The normalized spacial score (nSPS) is 14.6. The molecule has 1 aliphatic carbocycles. The molecule has 0 bridgehead atoms. The topological polar surface area (TPSA) is 34.0 Å². The molecule has 120 valence electrons. The second-order valence-corrected chi connectivity index (χ2v) is 7.30. The number of rotatable bonds is 4. The third kappa shape index (κ3) is 2.60. The van der Waals surface area contributed by atoms with E-state index in [2.05, 4.69) is 10.00 Å². The first kappa shape index (κ1) is 14.9. The number of fused-ring (bicyclic) bond motifs is 1. The van der Waals surface area contributed by atoms with Gasteiger partial charge in [0, 0.05) is 30.2 Å². The summed E-state index contributed by atoms with van der Waals surface area (Å²) in [7, 11) is 1.90. The summed E-state index contributed by atoms with van der Waals surface area (Å²) in [6.45, 7) is 2.43. The Morgan fingerprint density at radius 2 is 2.22 bits per heavy atom. The van der Waals surface area contributed by atoms with Crippen LogP contribution in [0.3, 0.4) is 0 Å². The number of halogens is 2. The van der Waals surface area contributed by atoms with E-state index in [0.717, 1.165) is 34.0 Å². The first-order valence-electron chi connectivity index (χ1n) is 7.54. The quantitative estimate of drug-likeness (QED) is 0.703. The summed E-state index contributed by atoms with van der Waals surface area (Å²) >= 11 is 7.81. The maximum atomic E-state index is 14.1. The molecule has 2 heterocycles. The zero-order valence-electron chi connectivity index (χ0n) is 12.9. The molecule has 3 aromatic rings. The van der Waals surface area contributed by atoms with E-state index in [-0.39, 0.29) is 5.82 Å². The molecule has 23 heavy (non-hydrogen) atoms. The average molecular weight is 351 g/mol. The molecule has 0 atom stereocenters. The standard InChI is InChI=1S/C16H16ClFN4S/c1-9-14-15(21(2)20-9)19-16(23-14)22(10-6-7-10)8-11-12(17)4-3-5-13(11)18/h3-5,10H,6-8H2,1-2H3. The number of benzene rings is 1. The van der Waals surface area contributed by atoms with E-state index < -0.39 is 0 Å². The van der Waals surface area contributed by atoms with Gasteiger partial charge in [-0.15, -0.1) is 0 Å². The molecule has 4 rings (SSSR count). The van der Waals surface area contributed by atoms with E-state index in [0.29, 0.717) is 23.2 Å². The highest BCUT2D eigenvalue weighted by molar-refractivity contribution is 7.22. The molecule has 7 heteroatoms. The van der Waals surface area contributed by atoms with Crippen LogP contribution in [0.2, 0.25) is 5.02 Å². The maximum Gasteiger partial charge on any atom is 0.188 e. The van der Waals surface area contributed by atoms with Gasteiger partial charge in [0.05, 0.1) is 10.4 Å². The van der Waals surface area contributed by atoms with Gasteiger partial charge in [0.15, 0.2) is 10.8 Å². The minimum Gasteiger partial charge on any atom is -0.341 e. The third-order valence-electron chi connectivity index (χ3n) is 4.16. The number of thiazole rings is 1. The molecular weight excluding hydrogens is 335 g/mol. The Morgan fingerprint density at radius 1 is 1.43 bits per heavy atom. The van der Waals surface area contributed by atoms with Crippen molar-refractivity contribution >= 4 is 38.4 Å². The van der Waals surface area contributed by atoms with Crippen molar-refractivity contribution in [2.75, 3.05) is 4.90 Å². The minimum absolute atomic E-state index is 0.262. The van der Waals surface area contributed by atoms with E-state index >= 15 is 0 Å². The molecular formula is C16H16ClFN4S. The van der Waals surface area contributed by atoms with Crippen LogP contribution in [0.4, 0.5) is 9.52 Å². The number of hydrogen-bond donors (Lipinski definition) is 0. The summed E-state index contributed by atoms with van der Waals surface area (Å²) in [6, 6.07) is 5.24. The molecule has 1 saturated carbocycles. The number of hydrogen-bond acceptors (Lipinski definition) is 4. The Bertz CT molecular complexity index is 829. The van der Waals surface area contributed by atoms with E-state index in [1.807, 2.05) is 14.0 Å².